The van der Waals surface area contributed by atoms with Crippen molar-refractivity contribution in [3.05, 3.63) is 182 Å². The average molecular weight is 757 g/mol. The van der Waals surface area contributed by atoms with Crippen LogP contribution in [0.3, 0.4) is 0 Å². The molecule has 0 fully saturated rings. The molecule has 0 radical (unpaired) electrons. The van der Waals surface area contributed by atoms with Crippen LogP contribution in [-0.2, 0) is 0 Å². The maximum Gasteiger partial charge on any atom is 0.0792 e. The smallest absolute Gasteiger partial charge is 0.0792 e. The van der Waals surface area contributed by atoms with Crippen molar-refractivity contribution < 1.29 is 0 Å². The van der Waals surface area contributed by atoms with Gasteiger partial charge in [-0.15, -0.1) is 0 Å². The van der Waals surface area contributed by atoms with Gasteiger partial charge in [-0.3, -0.25) is 0 Å². The van der Waals surface area contributed by atoms with Crippen LogP contribution in [0.4, 0.5) is 0 Å². The zero-order valence-electron chi connectivity index (χ0n) is 33.2. The van der Waals surface area contributed by atoms with Gasteiger partial charge in [0.1, 0.15) is 0 Å². The van der Waals surface area contributed by atoms with Crippen LogP contribution in [-0.4, -0.2) is 25.3 Å². The molecule has 0 saturated heterocycles. The zero-order chi connectivity index (χ0) is 38.6. The average Bonchev–Trinajstić information content (AvgIpc) is 3.86. The Kier molecular flexibility index (Phi) is 8.91. The van der Waals surface area contributed by atoms with Crippen molar-refractivity contribution in [2.24, 2.45) is 0 Å². The molecule has 0 aliphatic carbocycles. The lowest BCUT2D eigenvalue weighted by Crippen LogP contribution is -2.44. The molecule has 0 bridgehead atoms. The van der Waals surface area contributed by atoms with Gasteiger partial charge in [0.2, 0.25) is 0 Å². The Morgan fingerprint density at radius 2 is 0.554 bits per heavy atom. The fourth-order valence-corrected chi connectivity index (χ4v) is 12.9. The van der Waals surface area contributed by atoms with E-state index in [4.69, 9.17) is 0 Å². The fourth-order valence-electron chi connectivity index (χ4n) is 8.87. The molecule has 274 valence electrons. The SMILES string of the molecule is C[Si](C)(C)c1c2ccc(-n3c(-c4ccccc4)ccc3-c3ccccc3)cc2c([Si](C)(C)C)c2ccc(-n3c(-c4ccccc4)ccc3-c3ccccc3)cc12. The third-order valence-corrected chi connectivity index (χ3v) is 15.2. The maximum atomic E-state index is 2.52. The van der Waals surface area contributed by atoms with Gasteiger partial charge in [0.25, 0.3) is 0 Å². The number of rotatable bonds is 8. The van der Waals surface area contributed by atoms with E-state index in [0.29, 0.717) is 0 Å². The number of hydrogen-bond donors (Lipinski definition) is 0. The van der Waals surface area contributed by atoms with Gasteiger partial charge in [0.15, 0.2) is 0 Å². The lowest BCUT2D eigenvalue weighted by molar-refractivity contribution is 1.10. The molecule has 56 heavy (non-hydrogen) atoms. The Morgan fingerprint density at radius 1 is 0.286 bits per heavy atom. The van der Waals surface area contributed by atoms with Crippen molar-refractivity contribution in [2.75, 3.05) is 0 Å². The summed E-state index contributed by atoms with van der Waals surface area (Å²) in [5.74, 6) is 0. The Hall–Kier alpha value is -5.95. The summed E-state index contributed by atoms with van der Waals surface area (Å²) in [5, 5.41) is 8.69. The van der Waals surface area contributed by atoms with Crippen LogP contribution in [0.15, 0.2) is 182 Å². The van der Waals surface area contributed by atoms with Crippen molar-refractivity contribution in [2.45, 2.75) is 39.3 Å². The first kappa shape index (κ1) is 35.7. The Balaban J connectivity index is 1.34. The van der Waals surface area contributed by atoms with E-state index >= 15 is 0 Å². The van der Waals surface area contributed by atoms with Crippen molar-refractivity contribution in [3.63, 3.8) is 0 Å². The number of fused-ring (bicyclic) bond motifs is 2. The minimum absolute atomic E-state index is 1.20. The van der Waals surface area contributed by atoms with Crippen LogP contribution >= 0.6 is 0 Å². The van der Waals surface area contributed by atoms with Gasteiger partial charge >= 0.3 is 0 Å². The number of hydrogen-bond acceptors (Lipinski definition) is 0. The van der Waals surface area contributed by atoms with Crippen LogP contribution in [0.25, 0.3) is 77.9 Å². The molecular formula is C52H48N2Si2. The summed E-state index contributed by atoms with van der Waals surface area (Å²) >= 11 is 0. The van der Waals surface area contributed by atoms with E-state index in [1.54, 1.807) is 0 Å². The largest absolute Gasteiger partial charge is 0.309 e. The van der Waals surface area contributed by atoms with Gasteiger partial charge in [-0.2, -0.15) is 0 Å². The predicted octanol–water partition coefficient (Wildman–Crippen LogP) is 13.3. The van der Waals surface area contributed by atoms with Gasteiger partial charge in [0.05, 0.1) is 38.9 Å². The Bertz CT molecular complexity index is 2530. The van der Waals surface area contributed by atoms with Crippen LogP contribution < -0.4 is 10.4 Å². The predicted molar refractivity (Wildman–Crippen MR) is 248 cm³/mol. The van der Waals surface area contributed by atoms with Crippen LogP contribution in [0, 0.1) is 0 Å². The minimum atomic E-state index is -1.92. The van der Waals surface area contributed by atoms with E-state index in [2.05, 4.69) is 230 Å². The molecular weight excluding hydrogens is 709 g/mol. The Morgan fingerprint density at radius 3 is 0.804 bits per heavy atom. The van der Waals surface area contributed by atoms with Crippen molar-refractivity contribution in [3.8, 4) is 56.4 Å². The number of aromatic nitrogens is 2. The summed E-state index contributed by atoms with van der Waals surface area (Å²) in [6.45, 7) is 15.1. The third-order valence-electron chi connectivity index (χ3n) is 11.1. The first-order valence-electron chi connectivity index (χ1n) is 19.8. The molecule has 0 spiro atoms. The topological polar surface area (TPSA) is 9.86 Å². The summed E-state index contributed by atoms with van der Waals surface area (Å²) in [7, 11) is -3.84. The molecule has 0 atom stereocenters. The van der Waals surface area contributed by atoms with Gasteiger partial charge in [-0.05, 0) is 103 Å². The monoisotopic (exact) mass is 756 g/mol. The summed E-state index contributed by atoms with van der Waals surface area (Å²) in [6, 6.07) is 67.1. The van der Waals surface area contributed by atoms with Crippen LogP contribution in [0.5, 0.6) is 0 Å². The molecule has 2 heterocycles. The fraction of sp³-hybridized carbons (Fsp3) is 0.115. The van der Waals surface area contributed by atoms with Crippen molar-refractivity contribution >= 4 is 48.1 Å². The lowest BCUT2D eigenvalue weighted by Gasteiger charge is -2.30. The normalized spacial score (nSPS) is 12.1. The highest BCUT2D eigenvalue weighted by atomic mass is 28.3. The second-order valence-electron chi connectivity index (χ2n) is 17.1. The van der Waals surface area contributed by atoms with Crippen LogP contribution in [0.2, 0.25) is 39.3 Å². The Labute approximate surface area is 333 Å². The van der Waals surface area contributed by atoms with E-state index in [-0.39, 0.29) is 0 Å². The van der Waals surface area contributed by atoms with Crippen molar-refractivity contribution in [1.29, 1.82) is 0 Å². The van der Waals surface area contributed by atoms with Crippen molar-refractivity contribution in [1.82, 2.24) is 9.13 Å². The summed E-state index contributed by atoms with van der Waals surface area (Å²) in [6.07, 6.45) is 0. The molecule has 7 aromatic carbocycles. The molecule has 0 unspecified atom stereocenters. The van der Waals surface area contributed by atoms with Gasteiger partial charge in [-0.1, -0.05) is 173 Å². The number of benzene rings is 7. The molecule has 0 N–H and O–H groups in total. The molecule has 2 aromatic heterocycles. The van der Waals surface area contributed by atoms with Gasteiger partial charge in [-0.25, -0.2) is 0 Å². The first-order valence-corrected chi connectivity index (χ1v) is 26.8. The van der Waals surface area contributed by atoms with Crippen LogP contribution in [0.1, 0.15) is 0 Å². The van der Waals surface area contributed by atoms with E-state index in [9.17, 15) is 0 Å². The number of nitrogens with zero attached hydrogens (tertiary/aromatic N) is 2. The summed E-state index contributed by atoms with van der Waals surface area (Å²) in [4.78, 5) is 0. The molecule has 0 aliphatic heterocycles. The summed E-state index contributed by atoms with van der Waals surface area (Å²) in [5.41, 5.74) is 12.0. The molecule has 4 heteroatoms. The molecule has 9 aromatic rings. The van der Waals surface area contributed by atoms with E-state index < -0.39 is 16.1 Å². The molecule has 2 nitrogen and oxygen atoms in total. The highest BCUT2D eigenvalue weighted by Gasteiger charge is 2.30. The summed E-state index contributed by atoms with van der Waals surface area (Å²) < 4.78 is 4.95. The highest BCUT2D eigenvalue weighted by Crippen LogP contribution is 2.37. The highest BCUT2D eigenvalue weighted by molar-refractivity contribution is 6.95. The minimum Gasteiger partial charge on any atom is -0.309 e. The van der Waals surface area contributed by atoms with Gasteiger partial charge < -0.3 is 9.13 Å². The molecule has 0 saturated carbocycles. The molecule has 9 rings (SSSR count). The molecule has 0 amide bonds. The second-order valence-corrected chi connectivity index (χ2v) is 27.1. The van der Waals surface area contributed by atoms with E-state index in [1.807, 2.05) is 0 Å². The first-order chi connectivity index (χ1) is 27.1. The van der Waals surface area contributed by atoms with E-state index in [1.165, 1.54) is 88.3 Å². The second kappa shape index (κ2) is 14.0. The maximum absolute atomic E-state index is 2.52. The third kappa shape index (κ3) is 6.29. The quantitative estimate of drug-likeness (QED) is 0.108. The molecule has 0 aliphatic rings. The van der Waals surface area contributed by atoms with E-state index in [0.717, 1.165) is 0 Å². The van der Waals surface area contributed by atoms with Gasteiger partial charge in [0, 0.05) is 11.4 Å². The standard InChI is InChI=1S/C52H48N2Si2/c1-55(2,3)51-43-29-27-42(54-49(39-23-15-9-16-24-39)33-34-50(54)40-25-17-10-18-26-40)36-46(43)52(56(4,5)6)44-30-28-41(35-45(44)51)53-47(37-19-11-7-12-20-37)31-32-48(53)38-21-13-8-14-22-38/h7-36H,1-6H3. The lowest BCUT2D eigenvalue weighted by atomic mass is 10.0. The zero-order valence-corrected chi connectivity index (χ0v) is 35.2.